The first-order valence-electron chi connectivity index (χ1n) is 7.83. The molecule has 2 saturated heterocycles. The maximum Gasteiger partial charge on any atom is 0.150 e. The minimum atomic E-state index is -2.75. The summed E-state index contributed by atoms with van der Waals surface area (Å²) in [6.45, 7) is 3.20. The predicted octanol–water partition coefficient (Wildman–Crippen LogP) is 1.43. The summed E-state index contributed by atoms with van der Waals surface area (Å²) in [4.78, 5) is 2.48. The van der Waals surface area contributed by atoms with E-state index in [4.69, 9.17) is 0 Å². The fourth-order valence-corrected chi connectivity index (χ4v) is 4.84. The number of nitrogens with one attached hydrogen (secondary N) is 1. The number of rotatable bonds is 4. The van der Waals surface area contributed by atoms with Crippen LogP contribution in [-0.2, 0) is 16.4 Å². The predicted molar refractivity (Wildman–Crippen MR) is 84.9 cm³/mol. The van der Waals surface area contributed by atoms with Crippen LogP contribution in [0.15, 0.2) is 30.3 Å². The molecular weight excluding hydrogens is 284 g/mol. The van der Waals surface area contributed by atoms with Crippen LogP contribution in [-0.4, -0.2) is 50.0 Å². The van der Waals surface area contributed by atoms with Gasteiger partial charge in [0.1, 0.15) is 9.84 Å². The Morgan fingerprint density at radius 3 is 2.48 bits per heavy atom. The van der Waals surface area contributed by atoms with Crippen molar-refractivity contribution in [3.63, 3.8) is 0 Å². The van der Waals surface area contributed by atoms with Crippen molar-refractivity contribution in [2.24, 2.45) is 0 Å². The second-order valence-corrected chi connectivity index (χ2v) is 8.60. The molecule has 0 bridgehead atoms. The van der Waals surface area contributed by atoms with Crippen molar-refractivity contribution in [3.8, 4) is 0 Å². The number of benzene rings is 1. The lowest BCUT2D eigenvalue weighted by molar-refractivity contribution is 0.311. The summed E-state index contributed by atoms with van der Waals surface area (Å²) in [6.07, 6.45) is 2.71. The molecule has 0 radical (unpaired) electrons. The maximum atomic E-state index is 11.5. The summed E-state index contributed by atoms with van der Waals surface area (Å²) in [5.41, 5.74) is 1.36. The quantitative estimate of drug-likeness (QED) is 0.914. The largest absolute Gasteiger partial charge is 0.310 e. The molecule has 2 heterocycles. The second-order valence-electron chi connectivity index (χ2n) is 6.30. The highest BCUT2D eigenvalue weighted by Crippen LogP contribution is 2.17. The molecule has 21 heavy (non-hydrogen) atoms. The number of nitrogens with zero attached hydrogens (tertiary/aromatic N) is 1. The summed E-state index contributed by atoms with van der Waals surface area (Å²) < 4.78 is 22.9. The van der Waals surface area contributed by atoms with Gasteiger partial charge in [-0.1, -0.05) is 30.3 Å². The van der Waals surface area contributed by atoms with Gasteiger partial charge in [0.2, 0.25) is 0 Å². The van der Waals surface area contributed by atoms with Gasteiger partial charge in [0.15, 0.2) is 0 Å². The molecule has 1 aromatic carbocycles. The van der Waals surface area contributed by atoms with Gasteiger partial charge in [-0.05, 0) is 24.8 Å². The van der Waals surface area contributed by atoms with E-state index >= 15 is 0 Å². The van der Waals surface area contributed by atoms with E-state index in [2.05, 4.69) is 40.5 Å². The van der Waals surface area contributed by atoms with Gasteiger partial charge in [0.05, 0.1) is 11.5 Å². The van der Waals surface area contributed by atoms with Crippen molar-refractivity contribution in [2.75, 3.05) is 24.6 Å². The van der Waals surface area contributed by atoms with Crippen molar-refractivity contribution < 1.29 is 8.42 Å². The van der Waals surface area contributed by atoms with Crippen molar-refractivity contribution >= 4 is 9.84 Å². The smallest absolute Gasteiger partial charge is 0.150 e. The van der Waals surface area contributed by atoms with Gasteiger partial charge < -0.3 is 5.32 Å². The molecule has 0 spiro atoms. The summed E-state index contributed by atoms with van der Waals surface area (Å²) >= 11 is 0. The molecule has 0 saturated carbocycles. The average molecular weight is 308 g/mol. The normalized spacial score (nSPS) is 27.0. The molecule has 116 valence electrons. The monoisotopic (exact) mass is 308 g/mol. The van der Waals surface area contributed by atoms with Gasteiger partial charge in [0, 0.05) is 31.7 Å². The molecular formula is C16H24N2O2S. The minimum absolute atomic E-state index is 0.352. The van der Waals surface area contributed by atoms with E-state index in [1.165, 1.54) is 5.56 Å². The van der Waals surface area contributed by atoms with Gasteiger partial charge in [-0.2, -0.15) is 0 Å². The molecule has 2 aliphatic rings. The lowest BCUT2D eigenvalue weighted by Crippen LogP contribution is -2.44. The number of likely N-dealkylation sites (tertiary alicyclic amines) is 1. The molecule has 1 aromatic rings. The first kappa shape index (κ1) is 15.0. The average Bonchev–Trinajstić information content (AvgIpc) is 2.90. The lowest BCUT2D eigenvalue weighted by atomic mass is 10.1. The van der Waals surface area contributed by atoms with E-state index in [-0.39, 0.29) is 0 Å². The molecule has 0 amide bonds. The molecule has 1 unspecified atom stereocenters. The van der Waals surface area contributed by atoms with Gasteiger partial charge >= 0.3 is 0 Å². The SMILES string of the molecule is O=S1(=O)CCC(NC2CCN(Cc3ccccc3)C2)CC1. The van der Waals surface area contributed by atoms with Crippen molar-refractivity contribution in [1.82, 2.24) is 10.2 Å². The van der Waals surface area contributed by atoms with Crippen molar-refractivity contribution in [3.05, 3.63) is 35.9 Å². The summed E-state index contributed by atoms with van der Waals surface area (Å²) in [5.74, 6) is 0.705. The minimum Gasteiger partial charge on any atom is -0.310 e. The number of sulfone groups is 1. The van der Waals surface area contributed by atoms with E-state index in [0.29, 0.717) is 23.6 Å². The number of hydrogen-bond acceptors (Lipinski definition) is 4. The maximum absolute atomic E-state index is 11.5. The van der Waals surface area contributed by atoms with Crippen LogP contribution in [0.2, 0.25) is 0 Å². The zero-order valence-corrected chi connectivity index (χ0v) is 13.2. The van der Waals surface area contributed by atoms with Crippen LogP contribution in [0.1, 0.15) is 24.8 Å². The summed E-state index contributed by atoms with van der Waals surface area (Å²) in [7, 11) is -2.75. The number of hydrogen-bond donors (Lipinski definition) is 1. The Morgan fingerprint density at radius 1 is 1.05 bits per heavy atom. The van der Waals surface area contributed by atoms with Crippen LogP contribution in [0.3, 0.4) is 0 Å². The summed E-state index contributed by atoms with van der Waals surface area (Å²) in [5, 5.41) is 3.67. The lowest BCUT2D eigenvalue weighted by Gasteiger charge is -2.26. The van der Waals surface area contributed by atoms with Crippen LogP contribution in [0, 0.1) is 0 Å². The Hall–Kier alpha value is -0.910. The molecule has 1 atom stereocenters. The molecule has 3 rings (SSSR count). The first-order chi connectivity index (χ1) is 10.1. The van der Waals surface area contributed by atoms with Crippen LogP contribution in [0.4, 0.5) is 0 Å². The van der Waals surface area contributed by atoms with Crippen LogP contribution >= 0.6 is 0 Å². The highest BCUT2D eigenvalue weighted by atomic mass is 32.2. The summed E-state index contributed by atoms with van der Waals surface area (Å²) in [6, 6.07) is 11.5. The van der Waals surface area contributed by atoms with E-state index in [9.17, 15) is 8.42 Å². The third-order valence-corrected chi connectivity index (χ3v) is 6.26. The van der Waals surface area contributed by atoms with E-state index in [1.54, 1.807) is 0 Å². The molecule has 1 N–H and O–H groups in total. The van der Waals surface area contributed by atoms with E-state index in [0.717, 1.165) is 38.9 Å². The topological polar surface area (TPSA) is 49.4 Å². The fraction of sp³-hybridized carbons (Fsp3) is 0.625. The molecule has 2 fully saturated rings. The Labute approximate surface area is 127 Å². The fourth-order valence-electron chi connectivity index (χ4n) is 3.34. The highest BCUT2D eigenvalue weighted by molar-refractivity contribution is 7.91. The first-order valence-corrected chi connectivity index (χ1v) is 9.66. The van der Waals surface area contributed by atoms with Crippen molar-refractivity contribution in [1.29, 1.82) is 0 Å². The van der Waals surface area contributed by atoms with Crippen LogP contribution < -0.4 is 5.32 Å². The Bertz CT molecular complexity index is 545. The zero-order chi connectivity index (χ0) is 14.7. The van der Waals surface area contributed by atoms with Gasteiger partial charge in [0.25, 0.3) is 0 Å². The van der Waals surface area contributed by atoms with Gasteiger partial charge in [-0.15, -0.1) is 0 Å². The zero-order valence-electron chi connectivity index (χ0n) is 12.4. The highest BCUT2D eigenvalue weighted by Gasteiger charge is 2.28. The third-order valence-electron chi connectivity index (χ3n) is 4.55. The Balaban J connectivity index is 1.45. The standard InChI is InChI=1S/C16H24N2O2S/c19-21(20)10-7-15(8-11-21)17-16-6-9-18(13-16)12-14-4-2-1-3-5-14/h1-5,15-17H,6-13H2. The van der Waals surface area contributed by atoms with E-state index in [1.807, 2.05) is 0 Å². The second kappa shape index (κ2) is 6.46. The molecule has 0 aliphatic carbocycles. The van der Waals surface area contributed by atoms with Crippen molar-refractivity contribution in [2.45, 2.75) is 37.9 Å². The Morgan fingerprint density at radius 2 is 1.76 bits per heavy atom. The molecule has 2 aliphatic heterocycles. The molecule has 4 nitrogen and oxygen atoms in total. The third kappa shape index (κ3) is 4.28. The molecule has 0 aromatic heterocycles. The molecule has 5 heteroatoms. The van der Waals surface area contributed by atoms with Crippen LogP contribution in [0.5, 0.6) is 0 Å². The van der Waals surface area contributed by atoms with Gasteiger partial charge in [-0.3, -0.25) is 4.90 Å². The van der Waals surface area contributed by atoms with Gasteiger partial charge in [-0.25, -0.2) is 8.42 Å². The van der Waals surface area contributed by atoms with E-state index < -0.39 is 9.84 Å². The van der Waals surface area contributed by atoms with Crippen LogP contribution in [0.25, 0.3) is 0 Å². The Kier molecular flexibility index (Phi) is 4.62.